The van der Waals surface area contributed by atoms with Gasteiger partial charge in [-0.2, -0.15) is 0 Å². The Balaban J connectivity index is 2.52. The van der Waals surface area contributed by atoms with E-state index in [1.165, 1.54) is 0 Å². The van der Waals surface area contributed by atoms with Gasteiger partial charge in [-0.1, -0.05) is 13.5 Å². The van der Waals surface area contributed by atoms with Crippen LogP contribution in [0.15, 0.2) is 12.2 Å². The summed E-state index contributed by atoms with van der Waals surface area (Å²) in [5, 5.41) is 9.92. The first kappa shape index (κ1) is 14.6. The van der Waals surface area contributed by atoms with Gasteiger partial charge in [0.15, 0.2) is 5.78 Å². The number of ketones is 1. The Bertz CT molecular complexity index is 372. The summed E-state index contributed by atoms with van der Waals surface area (Å²) in [6.45, 7) is 6.86. The molecule has 1 fully saturated rings. The first-order chi connectivity index (χ1) is 8.32. The highest BCUT2D eigenvalue weighted by Gasteiger charge is 2.32. The number of carbonyl (C=O) groups excluding carboxylic acids is 3. The van der Waals surface area contributed by atoms with Crippen LogP contribution in [0.25, 0.3) is 0 Å². The molecule has 0 aromatic heterocycles. The predicted octanol–water partition coefficient (Wildman–Crippen LogP) is 0.668. The minimum atomic E-state index is -0.876. The zero-order chi connectivity index (χ0) is 13.9. The number of rotatable bonds is 6. The van der Waals surface area contributed by atoms with Crippen LogP contribution < -0.4 is 0 Å². The molecule has 0 radical (unpaired) electrons. The number of hydrogen-bond donors (Lipinski definition) is 1. The van der Waals surface area contributed by atoms with Crippen molar-refractivity contribution in [1.82, 2.24) is 4.90 Å². The Hall–Kier alpha value is -1.49. The number of likely N-dealkylation sites (tertiary alicyclic amines) is 1. The molecule has 1 heterocycles. The van der Waals surface area contributed by atoms with Gasteiger partial charge in [-0.05, 0) is 18.4 Å². The fourth-order valence-electron chi connectivity index (χ4n) is 1.80. The van der Waals surface area contributed by atoms with Gasteiger partial charge in [0, 0.05) is 19.3 Å². The van der Waals surface area contributed by atoms with Crippen molar-refractivity contribution in [1.29, 1.82) is 0 Å². The molecule has 1 saturated heterocycles. The van der Waals surface area contributed by atoms with Gasteiger partial charge in [0.2, 0.25) is 11.8 Å². The van der Waals surface area contributed by atoms with E-state index < -0.39 is 6.10 Å². The van der Waals surface area contributed by atoms with Gasteiger partial charge in [-0.15, -0.1) is 0 Å². The number of hydrogen-bond acceptors (Lipinski definition) is 4. The number of carbonyl (C=O) groups is 3. The number of allylic oxidation sites excluding steroid dienone is 1. The molecule has 18 heavy (non-hydrogen) atoms. The van der Waals surface area contributed by atoms with Crippen LogP contribution in [0.1, 0.15) is 33.1 Å². The molecule has 2 unspecified atom stereocenters. The molecule has 1 aliphatic rings. The third-order valence-corrected chi connectivity index (χ3v) is 3.16. The molecule has 1 rings (SSSR count). The van der Waals surface area contributed by atoms with E-state index in [0.29, 0.717) is 5.57 Å². The predicted molar refractivity (Wildman–Crippen MR) is 65.6 cm³/mol. The van der Waals surface area contributed by atoms with Crippen LogP contribution in [0.3, 0.4) is 0 Å². The minimum Gasteiger partial charge on any atom is -0.391 e. The molecule has 2 amide bonds. The van der Waals surface area contributed by atoms with Crippen molar-refractivity contribution in [3.8, 4) is 0 Å². The first-order valence-electron chi connectivity index (χ1n) is 6.03. The summed E-state index contributed by atoms with van der Waals surface area (Å²) in [4.78, 5) is 35.3. The number of amides is 2. The molecule has 2 atom stereocenters. The molecule has 0 spiro atoms. The van der Waals surface area contributed by atoms with Crippen LogP contribution in [0.2, 0.25) is 0 Å². The first-order valence-corrected chi connectivity index (χ1v) is 6.03. The molecule has 5 nitrogen and oxygen atoms in total. The van der Waals surface area contributed by atoms with Crippen molar-refractivity contribution in [2.24, 2.45) is 5.92 Å². The van der Waals surface area contributed by atoms with Crippen LogP contribution in [-0.2, 0) is 14.4 Å². The summed E-state index contributed by atoms with van der Waals surface area (Å²) in [6.07, 6.45) is -0.276. The average Bonchev–Trinajstić information content (AvgIpc) is 2.60. The maximum absolute atomic E-state index is 11.5. The van der Waals surface area contributed by atoms with Crippen molar-refractivity contribution >= 4 is 17.6 Å². The lowest BCUT2D eigenvalue weighted by atomic mass is 9.95. The fourth-order valence-corrected chi connectivity index (χ4v) is 1.80. The molecular weight excluding hydrogens is 234 g/mol. The summed E-state index contributed by atoms with van der Waals surface area (Å²) in [5.74, 6) is -0.925. The molecule has 1 N–H and O–H groups in total. The number of β-amino-alcohol motifs (C(OH)–C–C–N with tert-alkyl or cyclic N) is 1. The lowest BCUT2D eigenvalue weighted by molar-refractivity contribution is -0.140. The molecule has 0 aromatic carbocycles. The normalized spacial score (nSPS) is 18.9. The number of aliphatic hydroxyl groups is 1. The minimum absolute atomic E-state index is 0.0255. The largest absolute Gasteiger partial charge is 0.391 e. The van der Waals surface area contributed by atoms with E-state index in [1.54, 1.807) is 13.8 Å². The second-order valence-corrected chi connectivity index (χ2v) is 4.85. The molecule has 5 heteroatoms. The van der Waals surface area contributed by atoms with E-state index in [-0.39, 0.29) is 49.3 Å². The Morgan fingerprint density at radius 2 is 1.89 bits per heavy atom. The molecule has 0 bridgehead atoms. The van der Waals surface area contributed by atoms with E-state index in [4.69, 9.17) is 0 Å². The summed E-state index contributed by atoms with van der Waals surface area (Å²) in [6, 6.07) is 0. The Labute approximate surface area is 106 Å². The molecular formula is C13H19NO4. The van der Waals surface area contributed by atoms with E-state index >= 15 is 0 Å². The van der Waals surface area contributed by atoms with Gasteiger partial charge >= 0.3 is 0 Å². The van der Waals surface area contributed by atoms with Gasteiger partial charge in [-0.3, -0.25) is 19.3 Å². The highest BCUT2D eigenvalue weighted by atomic mass is 16.3. The SMILES string of the molecule is C=C(C)C(=O)CC(C)C(O)CN1C(=O)CCC1=O. The van der Waals surface area contributed by atoms with Gasteiger partial charge < -0.3 is 5.11 Å². The highest BCUT2D eigenvalue weighted by Crippen LogP contribution is 2.17. The number of Topliss-reactive ketones (excluding diaryl/α,β-unsaturated/α-hetero) is 1. The molecule has 0 aliphatic carbocycles. The number of aliphatic hydroxyl groups excluding tert-OH is 1. The zero-order valence-electron chi connectivity index (χ0n) is 10.8. The number of imide groups is 1. The van der Waals surface area contributed by atoms with E-state index in [2.05, 4.69) is 6.58 Å². The standard InChI is InChI=1S/C13H19NO4/c1-8(2)10(15)6-9(3)11(16)7-14-12(17)4-5-13(14)18/h9,11,16H,1,4-7H2,2-3H3. The second kappa shape index (κ2) is 5.91. The topological polar surface area (TPSA) is 74.7 Å². The Morgan fingerprint density at radius 1 is 1.39 bits per heavy atom. The van der Waals surface area contributed by atoms with Crippen molar-refractivity contribution < 1.29 is 19.5 Å². The summed E-state index contributed by atoms with van der Waals surface area (Å²) < 4.78 is 0. The quantitative estimate of drug-likeness (QED) is 0.557. The van der Waals surface area contributed by atoms with Crippen LogP contribution in [0, 0.1) is 5.92 Å². The summed E-state index contributed by atoms with van der Waals surface area (Å²) in [7, 11) is 0. The monoisotopic (exact) mass is 253 g/mol. The molecule has 0 aromatic rings. The van der Waals surface area contributed by atoms with Crippen molar-refractivity contribution in [2.45, 2.75) is 39.2 Å². The van der Waals surface area contributed by atoms with Gasteiger partial charge in [0.05, 0.1) is 12.6 Å². The lowest BCUT2D eigenvalue weighted by Gasteiger charge is -2.23. The van der Waals surface area contributed by atoms with Crippen LogP contribution in [0.5, 0.6) is 0 Å². The van der Waals surface area contributed by atoms with Crippen LogP contribution in [-0.4, -0.2) is 40.3 Å². The van der Waals surface area contributed by atoms with Gasteiger partial charge in [0.25, 0.3) is 0 Å². The highest BCUT2D eigenvalue weighted by molar-refractivity contribution is 6.02. The third kappa shape index (κ3) is 3.50. The number of nitrogens with zero attached hydrogens (tertiary/aromatic N) is 1. The second-order valence-electron chi connectivity index (χ2n) is 4.85. The molecule has 1 aliphatic heterocycles. The molecule has 0 saturated carbocycles. The maximum Gasteiger partial charge on any atom is 0.229 e. The van der Waals surface area contributed by atoms with E-state index in [0.717, 1.165) is 4.90 Å². The Morgan fingerprint density at radius 3 is 2.33 bits per heavy atom. The van der Waals surface area contributed by atoms with Crippen LogP contribution >= 0.6 is 0 Å². The zero-order valence-corrected chi connectivity index (χ0v) is 10.8. The van der Waals surface area contributed by atoms with E-state index in [1.807, 2.05) is 0 Å². The van der Waals surface area contributed by atoms with Gasteiger partial charge in [0.1, 0.15) is 0 Å². The van der Waals surface area contributed by atoms with Crippen molar-refractivity contribution in [3.05, 3.63) is 12.2 Å². The smallest absolute Gasteiger partial charge is 0.229 e. The third-order valence-electron chi connectivity index (χ3n) is 3.16. The lowest BCUT2D eigenvalue weighted by Crippen LogP contribution is -2.39. The Kier molecular flexibility index (Phi) is 4.78. The van der Waals surface area contributed by atoms with Crippen molar-refractivity contribution in [3.63, 3.8) is 0 Å². The summed E-state index contributed by atoms with van der Waals surface area (Å²) >= 11 is 0. The van der Waals surface area contributed by atoms with E-state index in [9.17, 15) is 19.5 Å². The van der Waals surface area contributed by atoms with Crippen molar-refractivity contribution in [2.75, 3.05) is 6.54 Å². The van der Waals surface area contributed by atoms with Crippen LogP contribution in [0.4, 0.5) is 0 Å². The molecule has 100 valence electrons. The summed E-state index contributed by atoms with van der Waals surface area (Å²) in [5.41, 5.74) is 0.447. The maximum atomic E-state index is 11.5. The fraction of sp³-hybridized carbons (Fsp3) is 0.615. The van der Waals surface area contributed by atoms with Gasteiger partial charge in [-0.25, -0.2) is 0 Å². The average molecular weight is 253 g/mol.